The summed E-state index contributed by atoms with van der Waals surface area (Å²) in [6, 6.07) is 6.35. The van der Waals surface area contributed by atoms with E-state index >= 15 is 0 Å². The number of aliphatic hydroxyl groups is 1. The quantitative estimate of drug-likeness (QED) is 0.788. The standard InChI is InChI=1S/C16H23NO3/c1-20-11-15(18)7-8-17-16(19)10-12-5-6-13-3-2-4-14(13)9-12/h5-6,9,15,18H,2-4,7-8,10-11H2,1H3,(H,17,19). The summed E-state index contributed by atoms with van der Waals surface area (Å²) < 4.78 is 4.84. The number of ether oxygens (including phenoxy) is 1. The fourth-order valence-corrected chi connectivity index (χ4v) is 2.64. The normalized spacial score (nSPS) is 14.9. The lowest BCUT2D eigenvalue weighted by molar-refractivity contribution is -0.120. The molecule has 0 radical (unpaired) electrons. The van der Waals surface area contributed by atoms with E-state index < -0.39 is 6.10 Å². The number of benzene rings is 1. The minimum absolute atomic E-state index is 0.00700. The third kappa shape index (κ3) is 4.32. The number of aryl methyl sites for hydroxylation is 2. The van der Waals surface area contributed by atoms with Crippen LogP contribution in [0.25, 0.3) is 0 Å². The van der Waals surface area contributed by atoms with Crippen molar-refractivity contribution in [2.45, 2.75) is 38.2 Å². The van der Waals surface area contributed by atoms with Gasteiger partial charge < -0.3 is 15.2 Å². The van der Waals surface area contributed by atoms with E-state index in [4.69, 9.17) is 4.74 Å². The van der Waals surface area contributed by atoms with Crippen LogP contribution in [-0.2, 0) is 28.8 Å². The van der Waals surface area contributed by atoms with Crippen LogP contribution in [0.2, 0.25) is 0 Å². The highest BCUT2D eigenvalue weighted by molar-refractivity contribution is 5.78. The summed E-state index contributed by atoms with van der Waals surface area (Å²) in [6.45, 7) is 0.787. The molecular weight excluding hydrogens is 254 g/mol. The average molecular weight is 277 g/mol. The second-order valence-corrected chi connectivity index (χ2v) is 5.38. The van der Waals surface area contributed by atoms with Crippen molar-refractivity contribution >= 4 is 5.91 Å². The first-order valence-corrected chi connectivity index (χ1v) is 7.23. The van der Waals surface area contributed by atoms with Gasteiger partial charge in [0.25, 0.3) is 0 Å². The third-order valence-corrected chi connectivity index (χ3v) is 3.69. The van der Waals surface area contributed by atoms with Crippen LogP contribution >= 0.6 is 0 Å². The van der Waals surface area contributed by atoms with Crippen molar-refractivity contribution in [2.75, 3.05) is 20.3 Å². The van der Waals surface area contributed by atoms with E-state index in [-0.39, 0.29) is 5.91 Å². The molecule has 2 N–H and O–H groups in total. The van der Waals surface area contributed by atoms with Gasteiger partial charge in [-0.15, -0.1) is 0 Å². The summed E-state index contributed by atoms with van der Waals surface area (Å²) in [7, 11) is 1.55. The van der Waals surface area contributed by atoms with Gasteiger partial charge in [0, 0.05) is 13.7 Å². The van der Waals surface area contributed by atoms with Crippen molar-refractivity contribution < 1.29 is 14.6 Å². The van der Waals surface area contributed by atoms with Crippen LogP contribution in [-0.4, -0.2) is 37.4 Å². The first kappa shape index (κ1) is 15.0. The second-order valence-electron chi connectivity index (χ2n) is 5.38. The minimum atomic E-state index is -0.514. The second kappa shape index (κ2) is 7.41. The van der Waals surface area contributed by atoms with Gasteiger partial charge in [-0.3, -0.25) is 4.79 Å². The molecule has 0 spiro atoms. The molecule has 2 rings (SSSR count). The van der Waals surface area contributed by atoms with E-state index in [0.717, 1.165) is 12.0 Å². The monoisotopic (exact) mass is 277 g/mol. The first-order valence-electron chi connectivity index (χ1n) is 7.23. The Bertz CT molecular complexity index is 459. The highest BCUT2D eigenvalue weighted by Gasteiger charge is 2.12. The fourth-order valence-electron chi connectivity index (χ4n) is 2.64. The maximum atomic E-state index is 11.8. The van der Waals surface area contributed by atoms with Crippen LogP contribution in [0.1, 0.15) is 29.5 Å². The number of hydrogen-bond acceptors (Lipinski definition) is 3. The zero-order chi connectivity index (χ0) is 14.4. The van der Waals surface area contributed by atoms with Crippen molar-refractivity contribution in [3.8, 4) is 0 Å². The first-order chi connectivity index (χ1) is 9.69. The van der Waals surface area contributed by atoms with E-state index in [1.54, 1.807) is 7.11 Å². The van der Waals surface area contributed by atoms with Gasteiger partial charge >= 0.3 is 0 Å². The smallest absolute Gasteiger partial charge is 0.224 e. The Balaban J connectivity index is 1.74. The molecule has 0 aliphatic heterocycles. The lowest BCUT2D eigenvalue weighted by Gasteiger charge is -2.10. The molecule has 110 valence electrons. The van der Waals surface area contributed by atoms with Gasteiger partial charge in [-0.05, 0) is 42.4 Å². The maximum absolute atomic E-state index is 11.8. The van der Waals surface area contributed by atoms with Crippen molar-refractivity contribution in [2.24, 2.45) is 0 Å². The third-order valence-electron chi connectivity index (χ3n) is 3.69. The van der Waals surface area contributed by atoms with Gasteiger partial charge in [-0.2, -0.15) is 0 Å². The van der Waals surface area contributed by atoms with E-state index in [9.17, 15) is 9.90 Å². The number of carbonyl (C=O) groups is 1. The maximum Gasteiger partial charge on any atom is 0.224 e. The largest absolute Gasteiger partial charge is 0.391 e. The van der Waals surface area contributed by atoms with Crippen LogP contribution in [0, 0.1) is 0 Å². The topological polar surface area (TPSA) is 58.6 Å². The molecule has 1 amide bonds. The summed E-state index contributed by atoms with van der Waals surface area (Å²) in [6.07, 6.45) is 3.94. The molecule has 4 nitrogen and oxygen atoms in total. The Morgan fingerprint density at radius 3 is 3.00 bits per heavy atom. The summed E-state index contributed by atoms with van der Waals surface area (Å²) >= 11 is 0. The summed E-state index contributed by atoms with van der Waals surface area (Å²) in [4.78, 5) is 11.8. The lowest BCUT2D eigenvalue weighted by Crippen LogP contribution is -2.29. The minimum Gasteiger partial charge on any atom is -0.391 e. The molecule has 0 heterocycles. The number of fused-ring (bicyclic) bond motifs is 1. The summed E-state index contributed by atoms with van der Waals surface area (Å²) in [5, 5.41) is 12.3. The molecule has 0 bridgehead atoms. The SMILES string of the molecule is COCC(O)CCNC(=O)Cc1ccc2c(c1)CCC2. The van der Waals surface area contributed by atoms with Gasteiger partial charge in [-0.25, -0.2) is 0 Å². The van der Waals surface area contributed by atoms with Crippen LogP contribution in [0.4, 0.5) is 0 Å². The molecule has 0 fully saturated rings. The Morgan fingerprint density at radius 1 is 1.40 bits per heavy atom. The molecule has 20 heavy (non-hydrogen) atoms. The molecule has 0 aromatic heterocycles. The highest BCUT2D eigenvalue weighted by atomic mass is 16.5. The molecular formula is C16H23NO3. The molecule has 1 aliphatic rings. The van der Waals surface area contributed by atoms with Crippen LogP contribution in [0.3, 0.4) is 0 Å². The van der Waals surface area contributed by atoms with Gasteiger partial charge in [-0.1, -0.05) is 18.2 Å². The number of aliphatic hydroxyl groups excluding tert-OH is 1. The summed E-state index contributed by atoms with van der Waals surface area (Å²) in [5.41, 5.74) is 3.89. The van der Waals surface area contributed by atoms with Crippen LogP contribution in [0.5, 0.6) is 0 Å². The predicted molar refractivity (Wildman–Crippen MR) is 77.7 cm³/mol. The number of carbonyl (C=O) groups excluding carboxylic acids is 1. The van der Waals surface area contributed by atoms with E-state index in [1.807, 2.05) is 6.07 Å². The van der Waals surface area contributed by atoms with Crippen molar-refractivity contribution in [1.82, 2.24) is 5.32 Å². The molecule has 0 saturated carbocycles. The zero-order valence-corrected chi connectivity index (χ0v) is 12.0. The van der Waals surface area contributed by atoms with E-state index in [2.05, 4.69) is 17.4 Å². The van der Waals surface area contributed by atoms with Gasteiger partial charge in [0.2, 0.25) is 5.91 Å². The Labute approximate surface area is 120 Å². The lowest BCUT2D eigenvalue weighted by atomic mass is 10.0. The van der Waals surface area contributed by atoms with E-state index in [0.29, 0.717) is 26.0 Å². The Hall–Kier alpha value is -1.39. The zero-order valence-electron chi connectivity index (χ0n) is 12.0. The van der Waals surface area contributed by atoms with Gasteiger partial charge in [0.1, 0.15) is 0 Å². The van der Waals surface area contributed by atoms with Gasteiger partial charge in [0.05, 0.1) is 19.1 Å². The molecule has 0 saturated heterocycles. The number of nitrogens with one attached hydrogen (secondary N) is 1. The van der Waals surface area contributed by atoms with E-state index in [1.165, 1.54) is 24.0 Å². The Kier molecular flexibility index (Phi) is 5.56. The van der Waals surface area contributed by atoms with Crippen LogP contribution < -0.4 is 5.32 Å². The average Bonchev–Trinajstić information content (AvgIpc) is 2.86. The van der Waals surface area contributed by atoms with Crippen molar-refractivity contribution in [3.05, 3.63) is 34.9 Å². The predicted octanol–water partition coefficient (Wildman–Crippen LogP) is 1.23. The molecule has 1 unspecified atom stereocenters. The van der Waals surface area contributed by atoms with Crippen LogP contribution in [0.15, 0.2) is 18.2 Å². The molecule has 4 heteroatoms. The molecule has 1 aromatic rings. The van der Waals surface area contributed by atoms with Gasteiger partial charge in [0.15, 0.2) is 0 Å². The molecule has 1 atom stereocenters. The number of methoxy groups -OCH3 is 1. The number of hydrogen-bond donors (Lipinski definition) is 2. The van der Waals surface area contributed by atoms with Crippen molar-refractivity contribution in [1.29, 1.82) is 0 Å². The molecule has 1 aromatic carbocycles. The summed E-state index contributed by atoms with van der Waals surface area (Å²) in [5.74, 6) is 0.00700. The molecule has 1 aliphatic carbocycles. The van der Waals surface area contributed by atoms with Crippen molar-refractivity contribution in [3.63, 3.8) is 0 Å². The fraction of sp³-hybridized carbons (Fsp3) is 0.562. The number of amides is 1. The number of rotatable bonds is 7. The Morgan fingerprint density at radius 2 is 2.20 bits per heavy atom. The highest BCUT2D eigenvalue weighted by Crippen LogP contribution is 2.22.